The smallest absolute Gasteiger partial charge is 0.222 e. The van der Waals surface area contributed by atoms with E-state index in [0.717, 1.165) is 71.3 Å². The molecule has 2 aliphatic rings. The molecule has 1 aromatic carbocycles. The number of nitrogens with one attached hydrogen (secondary N) is 2. The first kappa shape index (κ1) is 23.4. The van der Waals surface area contributed by atoms with Crippen LogP contribution in [0.2, 0.25) is 0 Å². The Balaban J connectivity index is 1.44. The quantitative estimate of drug-likeness (QED) is 0.514. The zero-order valence-corrected chi connectivity index (χ0v) is 19.8. The summed E-state index contributed by atoms with van der Waals surface area (Å²) in [7, 11) is 0. The molecule has 2 aliphatic heterocycles. The highest BCUT2D eigenvalue weighted by Gasteiger charge is 2.25. The minimum Gasteiger partial charge on any atom is -0.369 e. The van der Waals surface area contributed by atoms with Crippen molar-refractivity contribution in [3.05, 3.63) is 29.3 Å². The van der Waals surface area contributed by atoms with Crippen molar-refractivity contribution < 1.29 is 4.79 Å². The van der Waals surface area contributed by atoms with Gasteiger partial charge in [-0.1, -0.05) is 19.1 Å². The van der Waals surface area contributed by atoms with E-state index in [9.17, 15) is 4.79 Å². The van der Waals surface area contributed by atoms with Gasteiger partial charge < -0.3 is 20.4 Å². The summed E-state index contributed by atoms with van der Waals surface area (Å²) in [5, 5.41) is 6.88. The fraction of sp³-hybridized carbons (Fsp3) is 0.667. The highest BCUT2D eigenvalue weighted by molar-refractivity contribution is 5.80. The summed E-state index contributed by atoms with van der Waals surface area (Å²) in [6, 6.07) is 6.88. The van der Waals surface area contributed by atoms with Gasteiger partial charge in [0.2, 0.25) is 5.91 Å². The first-order valence-corrected chi connectivity index (χ1v) is 11.9. The van der Waals surface area contributed by atoms with Crippen LogP contribution in [0, 0.1) is 13.8 Å². The maximum atomic E-state index is 11.9. The van der Waals surface area contributed by atoms with E-state index >= 15 is 0 Å². The number of nitrogens with zero attached hydrogens (tertiary/aromatic N) is 4. The van der Waals surface area contributed by atoms with Gasteiger partial charge in [-0.3, -0.25) is 14.7 Å². The second kappa shape index (κ2) is 11.4. The van der Waals surface area contributed by atoms with Gasteiger partial charge in [-0.2, -0.15) is 0 Å². The molecule has 0 aromatic heterocycles. The molecule has 2 N–H and O–H groups in total. The highest BCUT2D eigenvalue weighted by atomic mass is 16.2. The second-order valence-corrected chi connectivity index (χ2v) is 8.63. The number of likely N-dealkylation sites (tertiary alicyclic amines) is 1. The zero-order valence-electron chi connectivity index (χ0n) is 19.8. The molecule has 0 radical (unpaired) electrons. The Morgan fingerprint density at radius 3 is 2.61 bits per heavy atom. The van der Waals surface area contributed by atoms with Gasteiger partial charge in [0.25, 0.3) is 0 Å². The van der Waals surface area contributed by atoms with E-state index in [4.69, 9.17) is 4.99 Å². The Morgan fingerprint density at radius 1 is 1.13 bits per heavy atom. The third kappa shape index (κ3) is 6.35. The molecule has 1 atom stereocenters. The molecular weight excluding hydrogens is 388 g/mol. The van der Waals surface area contributed by atoms with Crippen LogP contribution in [0.5, 0.6) is 0 Å². The van der Waals surface area contributed by atoms with E-state index in [-0.39, 0.29) is 11.9 Å². The highest BCUT2D eigenvalue weighted by Crippen LogP contribution is 2.23. The fourth-order valence-electron chi connectivity index (χ4n) is 4.44. The molecule has 2 heterocycles. The predicted molar refractivity (Wildman–Crippen MR) is 129 cm³/mol. The molecule has 2 fully saturated rings. The van der Waals surface area contributed by atoms with E-state index in [2.05, 4.69) is 59.4 Å². The lowest BCUT2D eigenvalue weighted by Crippen LogP contribution is -2.48. The second-order valence-electron chi connectivity index (χ2n) is 8.63. The largest absolute Gasteiger partial charge is 0.369 e. The fourth-order valence-corrected chi connectivity index (χ4v) is 4.44. The van der Waals surface area contributed by atoms with Crippen LogP contribution in [0.4, 0.5) is 5.69 Å². The Morgan fingerprint density at radius 2 is 1.90 bits per heavy atom. The van der Waals surface area contributed by atoms with Crippen molar-refractivity contribution in [2.24, 2.45) is 4.99 Å². The number of hydrogen-bond acceptors (Lipinski definition) is 4. The Hall–Kier alpha value is -2.28. The van der Waals surface area contributed by atoms with Crippen molar-refractivity contribution in [2.45, 2.75) is 46.6 Å². The molecule has 1 amide bonds. The molecule has 1 aromatic rings. The average molecular weight is 429 g/mol. The molecule has 0 aliphatic carbocycles. The van der Waals surface area contributed by atoms with Gasteiger partial charge in [0.1, 0.15) is 0 Å². The normalized spacial score (nSPS) is 20.3. The molecular formula is C24H40N6O. The molecule has 0 bridgehead atoms. The van der Waals surface area contributed by atoms with Gasteiger partial charge in [0.15, 0.2) is 5.96 Å². The van der Waals surface area contributed by atoms with Crippen LogP contribution < -0.4 is 15.5 Å². The van der Waals surface area contributed by atoms with Crippen molar-refractivity contribution in [3.8, 4) is 0 Å². The third-order valence-electron chi connectivity index (χ3n) is 6.50. The number of piperazine rings is 1. The summed E-state index contributed by atoms with van der Waals surface area (Å²) < 4.78 is 0. The topological polar surface area (TPSA) is 63.2 Å². The molecule has 0 spiro atoms. The molecule has 3 rings (SSSR count). The lowest BCUT2D eigenvalue weighted by Gasteiger charge is -2.36. The Labute approximate surface area is 187 Å². The van der Waals surface area contributed by atoms with Crippen LogP contribution in [0.25, 0.3) is 0 Å². The molecule has 1 unspecified atom stereocenters. The van der Waals surface area contributed by atoms with Crippen LogP contribution in [-0.2, 0) is 4.79 Å². The number of carbonyl (C=O) groups excluding carboxylic acids is 1. The minimum absolute atomic E-state index is 0.242. The number of amides is 1. The van der Waals surface area contributed by atoms with E-state index < -0.39 is 0 Å². The number of aryl methyl sites for hydroxylation is 1. The van der Waals surface area contributed by atoms with Crippen molar-refractivity contribution >= 4 is 17.6 Å². The first-order valence-electron chi connectivity index (χ1n) is 11.9. The van der Waals surface area contributed by atoms with Crippen LogP contribution in [0.15, 0.2) is 23.2 Å². The molecule has 31 heavy (non-hydrogen) atoms. The van der Waals surface area contributed by atoms with Gasteiger partial charge in [-0.05, 0) is 44.4 Å². The van der Waals surface area contributed by atoms with Crippen LogP contribution in [0.1, 0.15) is 37.8 Å². The standard InChI is InChI=1S/C24H40N6O/c1-5-23(31)30-12-10-21(18-30)27-24(25-6-2)26-11-13-28-14-16-29(17-15-28)22-9-7-8-19(3)20(22)4/h7-9,21H,5-6,10-18H2,1-4H3,(H2,25,26,27). The van der Waals surface area contributed by atoms with Crippen molar-refractivity contribution in [2.75, 3.05) is 63.8 Å². The van der Waals surface area contributed by atoms with Gasteiger partial charge in [-0.25, -0.2) is 0 Å². The third-order valence-corrected chi connectivity index (χ3v) is 6.50. The van der Waals surface area contributed by atoms with Gasteiger partial charge in [-0.15, -0.1) is 0 Å². The van der Waals surface area contributed by atoms with E-state index in [1.54, 1.807) is 0 Å². The van der Waals surface area contributed by atoms with Crippen molar-refractivity contribution in [3.63, 3.8) is 0 Å². The molecule has 7 nitrogen and oxygen atoms in total. The maximum Gasteiger partial charge on any atom is 0.222 e. The summed E-state index contributed by atoms with van der Waals surface area (Å²) in [4.78, 5) is 23.7. The lowest BCUT2D eigenvalue weighted by atomic mass is 10.1. The molecule has 2 saturated heterocycles. The van der Waals surface area contributed by atoms with Gasteiger partial charge in [0, 0.05) is 70.5 Å². The molecule has 172 valence electrons. The van der Waals surface area contributed by atoms with Crippen LogP contribution in [0.3, 0.4) is 0 Å². The summed E-state index contributed by atoms with van der Waals surface area (Å²) in [5.74, 6) is 1.11. The number of aliphatic imine (C=N–C) groups is 1. The monoisotopic (exact) mass is 428 g/mol. The van der Waals surface area contributed by atoms with Crippen LogP contribution in [-0.4, -0.2) is 86.6 Å². The zero-order chi connectivity index (χ0) is 22.2. The van der Waals surface area contributed by atoms with Gasteiger partial charge in [0.05, 0.1) is 6.54 Å². The summed E-state index contributed by atoms with van der Waals surface area (Å²) >= 11 is 0. The van der Waals surface area contributed by atoms with Crippen molar-refractivity contribution in [1.82, 2.24) is 20.4 Å². The number of benzene rings is 1. The Bertz CT molecular complexity index is 756. The van der Waals surface area contributed by atoms with E-state index in [1.165, 1.54) is 16.8 Å². The lowest BCUT2D eigenvalue weighted by molar-refractivity contribution is -0.129. The van der Waals surface area contributed by atoms with Crippen LogP contribution >= 0.6 is 0 Å². The Kier molecular flexibility index (Phi) is 8.58. The predicted octanol–water partition coefficient (Wildman–Crippen LogP) is 1.99. The van der Waals surface area contributed by atoms with Crippen molar-refractivity contribution in [1.29, 1.82) is 0 Å². The minimum atomic E-state index is 0.242. The average Bonchev–Trinajstić information content (AvgIpc) is 3.24. The first-order chi connectivity index (χ1) is 15.0. The summed E-state index contributed by atoms with van der Waals surface area (Å²) in [6.45, 7) is 16.9. The molecule has 0 saturated carbocycles. The molecule has 7 heteroatoms. The SMILES string of the molecule is CCNC(=NCCN1CCN(c2cccc(C)c2C)CC1)NC1CCN(C(=O)CC)C1. The summed E-state index contributed by atoms with van der Waals surface area (Å²) in [6.07, 6.45) is 1.56. The number of guanidine groups is 1. The number of hydrogen-bond donors (Lipinski definition) is 2. The van der Waals surface area contributed by atoms with E-state index in [0.29, 0.717) is 6.42 Å². The van der Waals surface area contributed by atoms with E-state index in [1.807, 2.05) is 11.8 Å². The number of rotatable bonds is 7. The van der Waals surface area contributed by atoms with Gasteiger partial charge >= 0.3 is 0 Å². The maximum absolute atomic E-state index is 11.9. The number of anilines is 1. The number of carbonyl (C=O) groups is 1. The summed E-state index contributed by atoms with van der Waals surface area (Å²) in [5.41, 5.74) is 4.14.